The summed E-state index contributed by atoms with van der Waals surface area (Å²) in [6.45, 7) is 9.60. The molecule has 1 spiro atoms. The standard InChI is InChI=1S/C25H34N4O2S.ClH/c1-24(2,3)21-9-11-22(12-10-21)32(30,31)29-17-13-25(14-18-29)23(26-15-16-28-25)27-19-20-7-5-4-6-8-20;/h4-12,28H,13-19H2,1-3H3,(H,26,27);1H. The molecule has 0 unspecified atom stereocenters. The number of hydrogen-bond donors (Lipinski definition) is 2. The predicted octanol–water partition coefficient (Wildman–Crippen LogP) is 3.72. The number of sulfonamides is 1. The Labute approximate surface area is 204 Å². The van der Waals surface area contributed by atoms with Gasteiger partial charge in [0.1, 0.15) is 5.84 Å². The van der Waals surface area contributed by atoms with Crippen molar-refractivity contribution >= 4 is 28.3 Å². The minimum Gasteiger partial charge on any atom is -0.368 e. The summed E-state index contributed by atoms with van der Waals surface area (Å²) < 4.78 is 28.2. The van der Waals surface area contributed by atoms with Crippen molar-refractivity contribution in [1.82, 2.24) is 14.9 Å². The third-order valence-electron chi connectivity index (χ3n) is 6.54. The summed E-state index contributed by atoms with van der Waals surface area (Å²) in [5.74, 6) is 0.958. The molecule has 33 heavy (non-hydrogen) atoms. The molecule has 2 aliphatic heterocycles. The maximum atomic E-state index is 13.3. The number of amidine groups is 1. The van der Waals surface area contributed by atoms with E-state index in [2.05, 4.69) is 43.5 Å². The highest BCUT2D eigenvalue weighted by atomic mass is 35.5. The lowest BCUT2D eigenvalue weighted by Gasteiger charge is -2.44. The summed E-state index contributed by atoms with van der Waals surface area (Å²) in [5.41, 5.74) is 2.05. The first-order valence-electron chi connectivity index (χ1n) is 11.4. The average Bonchev–Trinajstić information content (AvgIpc) is 2.79. The van der Waals surface area contributed by atoms with Crippen LogP contribution in [0.3, 0.4) is 0 Å². The van der Waals surface area contributed by atoms with E-state index in [0.29, 0.717) is 37.4 Å². The van der Waals surface area contributed by atoms with E-state index in [1.807, 2.05) is 30.3 Å². The molecule has 0 amide bonds. The molecule has 6 nitrogen and oxygen atoms in total. The second-order valence-electron chi connectivity index (χ2n) is 9.76. The van der Waals surface area contributed by atoms with E-state index in [9.17, 15) is 8.42 Å². The first kappa shape index (κ1) is 25.7. The van der Waals surface area contributed by atoms with Gasteiger partial charge >= 0.3 is 0 Å². The monoisotopic (exact) mass is 490 g/mol. The molecular weight excluding hydrogens is 456 g/mol. The Morgan fingerprint density at radius 3 is 2.27 bits per heavy atom. The number of rotatable bonds is 4. The van der Waals surface area contributed by atoms with Crippen LogP contribution in [0, 0.1) is 0 Å². The zero-order valence-electron chi connectivity index (χ0n) is 19.7. The molecule has 2 heterocycles. The zero-order valence-corrected chi connectivity index (χ0v) is 21.3. The van der Waals surface area contributed by atoms with Crippen LogP contribution in [0.5, 0.6) is 0 Å². The molecule has 0 atom stereocenters. The fraction of sp³-hybridized carbons (Fsp3) is 0.480. The van der Waals surface area contributed by atoms with Crippen molar-refractivity contribution in [2.75, 3.05) is 26.2 Å². The molecule has 0 aromatic heterocycles. The molecule has 1 saturated heterocycles. The van der Waals surface area contributed by atoms with Gasteiger partial charge in [-0.15, -0.1) is 12.4 Å². The van der Waals surface area contributed by atoms with Gasteiger partial charge in [-0.2, -0.15) is 4.31 Å². The lowest BCUT2D eigenvalue weighted by atomic mass is 9.85. The number of benzene rings is 2. The van der Waals surface area contributed by atoms with E-state index in [-0.39, 0.29) is 23.4 Å². The number of nitrogens with zero attached hydrogens (tertiary/aromatic N) is 2. The molecule has 0 bridgehead atoms. The maximum Gasteiger partial charge on any atom is 0.243 e. The van der Waals surface area contributed by atoms with Crippen molar-refractivity contribution in [3.63, 3.8) is 0 Å². The quantitative estimate of drug-likeness (QED) is 0.685. The van der Waals surface area contributed by atoms with Gasteiger partial charge in [-0.3, -0.25) is 4.99 Å². The molecule has 2 N–H and O–H groups in total. The van der Waals surface area contributed by atoms with E-state index in [4.69, 9.17) is 4.99 Å². The fourth-order valence-electron chi connectivity index (χ4n) is 4.50. The molecule has 1 fully saturated rings. The van der Waals surface area contributed by atoms with Crippen molar-refractivity contribution in [1.29, 1.82) is 0 Å². The summed E-state index contributed by atoms with van der Waals surface area (Å²) in [6, 6.07) is 17.6. The van der Waals surface area contributed by atoms with Gasteiger partial charge < -0.3 is 10.6 Å². The summed E-state index contributed by atoms with van der Waals surface area (Å²) in [6.07, 6.45) is 1.40. The normalized spacial score (nSPS) is 18.9. The van der Waals surface area contributed by atoms with Crippen molar-refractivity contribution < 1.29 is 8.42 Å². The van der Waals surface area contributed by atoms with Gasteiger partial charge in [0.25, 0.3) is 0 Å². The van der Waals surface area contributed by atoms with E-state index in [1.54, 1.807) is 16.4 Å². The molecule has 0 saturated carbocycles. The van der Waals surface area contributed by atoms with Crippen molar-refractivity contribution in [3.8, 4) is 0 Å². The van der Waals surface area contributed by atoms with Crippen molar-refractivity contribution in [2.24, 2.45) is 4.99 Å². The van der Waals surface area contributed by atoms with Gasteiger partial charge in [0.05, 0.1) is 17.0 Å². The fourth-order valence-corrected chi connectivity index (χ4v) is 5.94. The van der Waals surface area contributed by atoms with Crippen molar-refractivity contribution in [3.05, 3.63) is 65.7 Å². The predicted molar refractivity (Wildman–Crippen MR) is 137 cm³/mol. The van der Waals surface area contributed by atoms with E-state index < -0.39 is 10.0 Å². The van der Waals surface area contributed by atoms with Gasteiger partial charge in [-0.25, -0.2) is 8.42 Å². The zero-order chi connectivity index (χ0) is 22.8. The van der Waals surface area contributed by atoms with Gasteiger partial charge in [0.15, 0.2) is 0 Å². The van der Waals surface area contributed by atoms with Crippen LogP contribution in [0.4, 0.5) is 0 Å². The van der Waals surface area contributed by atoms with E-state index in [1.165, 1.54) is 5.56 Å². The molecule has 8 heteroatoms. The highest BCUT2D eigenvalue weighted by Gasteiger charge is 2.43. The van der Waals surface area contributed by atoms with Gasteiger partial charge in [-0.05, 0) is 41.5 Å². The first-order chi connectivity index (χ1) is 15.2. The number of halogens is 1. The number of hydrogen-bond acceptors (Lipinski definition) is 5. The molecule has 2 aromatic rings. The van der Waals surface area contributed by atoms with Crippen LogP contribution in [0.15, 0.2) is 64.5 Å². The van der Waals surface area contributed by atoms with Crippen LogP contribution in [-0.4, -0.2) is 50.3 Å². The lowest BCUT2D eigenvalue weighted by Crippen LogP contribution is -2.64. The summed E-state index contributed by atoms with van der Waals surface area (Å²) in [7, 11) is -3.51. The summed E-state index contributed by atoms with van der Waals surface area (Å²) in [4.78, 5) is 5.14. The van der Waals surface area contributed by atoms with Crippen LogP contribution >= 0.6 is 12.4 Å². The van der Waals surface area contributed by atoms with Crippen molar-refractivity contribution in [2.45, 2.75) is 56.0 Å². The van der Waals surface area contributed by atoms with Crippen LogP contribution in [0.1, 0.15) is 44.7 Å². The molecular formula is C25H35ClN4O2S. The molecule has 4 rings (SSSR count). The minimum atomic E-state index is -3.51. The minimum absolute atomic E-state index is 0. The Balaban J connectivity index is 0.00000306. The average molecular weight is 491 g/mol. The molecule has 180 valence electrons. The Morgan fingerprint density at radius 1 is 1.03 bits per heavy atom. The van der Waals surface area contributed by atoms with Gasteiger partial charge in [-0.1, -0.05) is 63.2 Å². The van der Waals surface area contributed by atoms with E-state index in [0.717, 1.165) is 24.5 Å². The second-order valence-corrected chi connectivity index (χ2v) is 11.7. The van der Waals surface area contributed by atoms with Crippen LogP contribution < -0.4 is 10.6 Å². The number of nitrogens with one attached hydrogen (secondary N) is 2. The smallest absolute Gasteiger partial charge is 0.243 e. The summed E-state index contributed by atoms with van der Waals surface area (Å²) in [5, 5.41) is 7.17. The van der Waals surface area contributed by atoms with Gasteiger partial charge in [0.2, 0.25) is 10.0 Å². The largest absolute Gasteiger partial charge is 0.368 e. The third-order valence-corrected chi connectivity index (χ3v) is 8.45. The SMILES string of the molecule is CC(C)(C)c1ccc(S(=O)(=O)N2CCC3(CC2)NCCN=C3NCc2ccccc2)cc1.Cl. The maximum absolute atomic E-state index is 13.3. The third kappa shape index (κ3) is 5.60. The topological polar surface area (TPSA) is 73.8 Å². The molecule has 2 aliphatic rings. The van der Waals surface area contributed by atoms with Gasteiger partial charge in [0, 0.05) is 26.2 Å². The van der Waals surface area contributed by atoms with Crippen LogP contribution in [0.2, 0.25) is 0 Å². The Bertz CT molecular complexity index is 1060. The molecule has 0 aliphatic carbocycles. The second kappa shape index (κ2) is 10.1. The summed E-state index contributed by atoms with van der Waals surface area (Å²) >= 11 is 0. The highest BCUT2D eigenvalue weighted by molar-refractivity contribution is 7.89. The van der Waals surface area contributed by atoms with Crippen LogP contribution in [0.25, 0.3) is 0 Å². The molecule has 2 aromatic carbocycles. The van der Waals surface area contributed by atoms with E-state index >= 15 is 0 Å². The van der Waals surface area contributed by atoms with Crippen LogP contribution in [-0.2, 0) is 22.0 Å². The number of piperidine rings is 1. The number of aliphatic imine (C=N–C) groups is 1. The Kier molecular flexibility index (Phi) is 7.89. The molecule has 0 radical (unpaired) electrons. The Hall–Kier alpha value is -1.93. The Morgan fingerprint density at radius 2 is 1.67 bits per heavy atom. The highest BCUT2D eigenvalue weighted by Crippen LogP contribution is 2.30. The first-order valence-corrected chi connectivity index (χ1v) is 12.8. The lowest BCUT2D eigenvalue weighted by molar-refractivity contribution is 0.241.